The van der Waals surface area contributed by atoms with Crippen LogP contribution in [0.25, 0.3) is 0 Å². The molecule has 0 spiro atoms. The average molecular weight is 311 g/mol. The fraction of sp³-hybridized carbons (Fsp3) is 0.533. The van der Waals surface area contributed by atoms with E-state index < -0.39 is 16.0 Å². The zero-order valence-corrected chi connectivity index (χ0v) is 13.0. The predicted molar refractivity (Wildman–Crippen MR) is 80.7 cm³/mol. The number of rotatable bonds is 8. The molecule has 21 heavy (non-hydrogen) atoms. The van der Waals surface area contributed by atoms with Gasteiger partial charge >= 0.3 is 5.97 Å². The molecule has 0 amide bonds. The topological polar surface area (TPSA) is 74.7 Å². The van der Waals surface area contributed by atoms with Crippen molar-refractivity contribution in [2.45, 2.75) is 44.4 Å². The summed E-state index contributed by atoms with van der Waals surface area (Å²) in [4.78, 5) is 11.0. The molecule has 1 saturated carbocycles. The Balaban J connectivity index is 2.15. The highest BCUT2D eigenvalue weighted by Gasteiger charge is 2.36. The van der Waals surface area contributed by atoms with Gasteiger partial charge < -0.3 is 5.11 Å². The van der Waals surface area contributed by atoms with Gasteiger partial charge in [0.05, 0.1) is 11.3 Å². The number of carboxylic acid groups (broad SMARTS) is 1. The van der Waals surface area contributed by atoms with Crippen LogP contribution in [0.3, 0.4) is 0 Å². The van der Waals surface area contributed by atoms with Gasteiger partial charge in [0.15, 0.2) is 0 Å². The van der Waals surface area contributed by atoms with Gasteiger partial charge in [-0.3, -0.25) is 0 Å². The summed E-state index contributed by atoms with van der Waals surface area (Å²) < 4.78 is 26.7. The van der Waals surface area contributed by atoms with Crippen LogP contribution in [0.15, 0.2) is 24.3 Å². The molecule has 1 fully saturated rings. The third-order valence-corrected chi connectivity index (χ3v) is 5.46. The minimum absolute atomic E-state index is 0.120. The van der Waals surface area contributed by atoms with E-state index in [1.165, 1.54) is 12.1 Å². The maximum Gasteiger partial charge on any atom is 0.335 e. The normalized spacial score (nSPS) is 15.3. The molecule has 6 heteroatoms. The van der Waals surface area contributed by atoms with E-state index >= 15 is 0 Å². The second-order valence-corrected chi connectivity index (χ2v) is 7.38. The zero-order valence-electron chi connectivity index (χ0n) is 12.2. The summed E-state index contributed by atoms with van der Waals surface area (Å²) >= 11 is 0. The molecule has 1 aromatic carbocycles. The van der Waals surface area contributed by atoms with E-state index in [4.69, 9.17) is 5.11 Å². The molecule has 1 N–H and O–H groups in total. The van der Waals surface area contributed by atoms with Crippen LogP contribution in [0, 0.1) is 0 Å². The minimum atomic E-state index is -3.39. The zero-order chi connectivity index (χ0) is 15.5. The number of carboxylic acids is 1. The number of hydrogen-bond donors (Lipinski definition) is 1. The molecule has 0 aromatic heterocycles. The van der Waals surface area contributed by atoms with Crippen molar-refractivity contribution < 1.29 is 18.3 Å². The van der Waals surface area contributed by atoms with Crippen LogP contribution < -0.4 is 0 Å². The van der Waals surface area contributed by atoms with Gasteiger partial charge in [-0.1, -0.05) is 25.5 Å². The summed E-state index contributed by atoms with van der Waals surface area (Å²) in [5.41, 5.74) is 0.645. The molecule has 0 atom stereocenters. The highest BCUT2D eigenvalue weighted by molar-refractivity contribution is 7.88. The quantitative estimate of drug-likeness (QED) is 0.800. The van der Waals surface area contributed by atoms with E-state index in [1.807, 2.05) is 6.92 Å². The lowest BCUT2D eigenvalue weighted by molar-refractivity contribution is 0.0696. The van der Waals surface area contributed by atoms with Gasteiger partial charge in [-0.25, -0.2) is 13.2 Å². The summed E-state index contributed by atoms with van der Waals surface area (Å²) in [6.07, 6.45) is 3.66. The van der Waals surface area contributed by atoms with Gasteiger partial charge in [-0.05, 0) is 37.0 Å². The molecule has 0 aliphatic heterocycles. The van der Waals surface area contributed by atoms with Crippen molar-refractivity contribution in [3.05, 3.63) is 35.4 Å². The van der Waals surface area contributed by atoms with Gasteiger partial charge in [0.25, 0.3) is 0 Å². The molecule has 2 rings (SSSR count). The van der Waals surface area contributed by atoms with E-state index in [-0.39, 0.29) is 17.4 Å². The molecule has 1 aliphatic carbocycles. The second kappa shape index (κ2) is 6.58. The van der Waals surface area contributed by atoms with Gasteiger partial charge in [0.1, 0.15) is 0 Å². The number of unbranched alkanes of at least 4 members (excludes halogenated alkanes) is 1. The third kappa shape index (κ3) is 4.28. The van der Waals surface area contributed by atoms with E-state index in [0.29, 0.717) is 12.1 Å². The Labute approximate surface area is 125 Å². The van der Waals surface area contributed by atoms with Crippen molar-refractivity contribution in [1.29, 1.82) is 0 Å². The van der Waals surface area contributed by atoms with E-state index in [0.717, 1.165) is 25.7 Å². The van der Waals surface area contributed by atoms with Gasteiger partial charge in [-0.2, -0.15) is 4.31 Å². The molecule has 0 saturated heterocycles. The van der Waals surface area contributed by atoms with Crippen LogP contribution in [0.1, 0.15) is 48.5 Å². The van der Waals surface area contributed by atoms with Gasteiger partial charge in [0, 0.05) is 12.6 Å². The van der Waals surface area contributed by atoms with Crippen molar-refractivity contribution in [2.24, 2.45) is 0 Å². The van der Waals surface area contributed by atoms with E-state index in [1.54, 1.807) is 16.4 Å². The average Bonchev–Trinajstić information content (AvgIpc) is 3.23. The van der Waals surface area contributed by atoms with Crippen LogP contribution >= 0.6 is 0 Å². The molecule has 0 bridgehead atoms. The third-order valence-electron chi connectivity index (χ3n) is 3.57. The lowest BCUT2D eigenvalue weighted by atomic mass is 10.1. The summed E-state index contributed by atoms with van der Waals surface area (Å²) in [5.74, 6) is -1.17. The van der Waals surface area contributed by atoms with Crippen molar-refractivity contribution in [2.75, 3.05) is 6.54 Å². The Hall–Kier alpha value is -1.40. The first-order chi connectivity index (χ1) is 9.94. The van der Waals surface area contributed by atoms with E-state index in [2.05, 4.69) is 0 Å². The summed E-state index contributed by atoms with van der Waals surface area (Å²) in [5, 5.41) is 8.97. The van der Waals surface area contributed by atoms with Crippen LogP contribution in [-0.4, -0.2) is 36.4 Å². The Bertz CT molecular complexity index is 608. The molecule has 116 valence electrons. The highest BCUT2D eigenvalue weighted by Crippen LogP contribution is 2.30. The fourth-order valence-corrected chi connectivity index (χ4v) is 4.15. The number of aromatic carboxylic acids is 1. The molecular weight excluding hydrogens is 290 g/mol. The monoisotopic (exact) mass is 311 g/mol. The Kier molecular flexibility index (Phi) is 5.00. The van der Waals surface area contributed by atoms with Gasteiger partial charge in [-0.15, -0.1) is 0 Å². The molecule has 1 aromatic rings. The Morgan fingerprint density at radius 3 is 2.67 bits per heavy atom. The van der Waals surface area contributed by atoms with Crippen molar-refractivity contribution in [3.8, 4) is 0 Å². The van der Waals surface area contributed by atoms with Crippen molar-refractivity contribution in [3.63, 3.8) is 0 Å². The fourth-order valence-electron chi connectivity index (χ4n) is 2.31. The summed E-state index contributed by atoms with van der Waals surface area (Å²) in [6, 6.07) is 6.29. The first-order valence-corrected chi connectivity index (χ1v) is 8.86. The molecule has 0 radical (unpaired) electrons. The molecular formula is C15H21NO4S. The standard InChI is InChI=1S/C15H21NO4S/c1-2-3-9-16(14-7-8-14)21(19,20)11-12-5-4-6-13(10-12)15(17)18/h4-6,10,14H,2-3,7-9,11H2,1H3,(H,17,18). The lowest BCUT2D eigenvalue weighted by Gasteiger charge is -2.21. The Morgan fingerprint density at radius 2 is 2.10 bits per heavy atom. The van der Waals surface area contributed by atoms with Crippen LogP contribution in [0.5, 0.6) is 0 Å². The SMILES string of the molecule is CCCCN(C1CC1)S(=O)(=O)Cc1cccc(C(=O)O)c1. The minimum Gasteiger partial charge on any atom is -0.478 e. The van der Waals surface area contributed by atoms with Gasteiger partial charge in [0.2, 0.25) is 10.0 Å². The Morgan fingerprint density at radius 1 is 1.38 bits per heavy atom. The number of carbonyl (C=O) groups is 1. The number of benzene rings is 1. The summed E-state index contributed by atoms with van der Waals surface area (Å²) in [7, 11) is -3.39. The predicted octanol–water partition coefficient (Wildman–Crippen LogP) is 2.48. The van der Waals surface area contributed by atoms with Crippen molar-refractivity contribution >= 4 is 16.0 Å². The van der Waals surface area contributed by atoms with Crippen LogP contribution in [-0.2, 0) is 15.8 Å². The highest BCUT2D eigenvalue weighted by atomic mass is 32.2. The molecule has 1 aliphatic rings. The maximum absolute atomic E-state index is 12.5. The number of hydrogen-bond acceptors (Lipinski definition) is 3. The number of nitrogens with zero attached hydrogens (tertiary/aromatic N) is 1. The maximum atomic E-state index is 12.5. The lowest BCUT2D eigenvalue weighted by Crippen LogP contribution is -2.35. The largest absolute Gasteiger partial charge is 0.478 e. The molecule has 0 unspecified atom stereocenters. The van der Waals surface area contributed by atoms with Crippen LogP contribution in [0.2, 0.25) is 0 Å². The number of sulfonamides is 1. The summed E-state index contributed by atoms with van der Waals surface area (Å²) in [6.45, 7) is 2.59. The van der Waals surface area contributed by atoms with Crippen molar-refractivity contribution in [1.82, 2.24) is 4.31 Å². The second-order valence-electron chi connectivity index (χ2n) is 5.46. The smallest absolute Gasteiger partial charge is 0.335 e. The van der Waals surface area contributed by atoms with E-state index in [9.17, 15) is 13.2 Å². The molecule has 0 heterocycles. The first kappa shape index (κ1) is 16.0. The molecule has 5 nitrogen and oxygen atoms in total. The van der Waals surface area contributed by atoms with Crippen LogP contribution in [0.4, 0.5) is 0 Å². The first-order valence-electron chi connectivity index (χ1n) is 7.26.